The number of amides is 1. The van der Waals surface area contributed by atoms with Crippen LogP contribution in [-0.2, 0) is 16.2 Å². The molecule has 0 aromatic heterocycles. The Labute approximate surface area is 161 Å². The summed E-state index contributed by atoms with van der Waals surface area (Å²) in [6.45, 7) is 0. The smallest absolute Gasteiger partial charge is 0.349 e. The van der Waals surface area contributed by atoms with Gasteiger partial charge < -0.3 is 5.32 Å². The fourth-order valence-electron chi connectivity index (χ4n) is 3.13. The van der Waals surface area contributed by atoms with E-state index in [-0.39, 0.29) is 22.2 Å². The highest BCUT2D eigenvalue weighted by atomic mass is 32.2. The van der Waals surface area contributed by atoms with Crippen molar-refractivity contribution in [3.05, 3.63) is 59.7 Å². The second-order valence-corrected chi connectivity index (χ2v) is 8.31. The van der Waals surface area contributed by atoms with E-state index < -0.39 is 27.7 Å². The third-order valence-corrected chi connectivity index (χ3v) is 5.98. The lowest BCUT2D eigenvalue weighted by atomic mass is 10.1. The highest BCUT2D eigenvalue weighted by molar-refractivity contribution is 7.92. The molecule has 1 fully saturated rings. The van der Waals surface area contributed by atoms with Gasteiger partial charge in [0.05, 0.1) is 21.7 Å². The molecule has 1 saturated carbocycles. The Morgan fingerprint density at radius 1 is 0.964 bits per heavy atom. The maximum atomic E-state index is 12.7. The molecule has 0 bridgehead atoms. The van der Waals surface area contributed by atoms with Gasteiger partial charge in [-0.1, -0.05) is 25.0 Å². The molecule has 2 N–H and O–H groups in total. The Morgan fingerprint density at radius 3 is 2.18 bits per heavy atom. The molecule has 0 atom stereocenters. The summed E-state index contributed by atoms with van der Waals surface area (Å²) in [6.07, 6.45) is -0.725. The van der Waals surface area contributed by atoms with Crippen molar-refractivity contribution in [1.82, 2.24) is 5.32 Å². The van der Waals surface area contributed by atoms with Crippen LogP contribution in [0.3, 0.4) is 0 Å². The van der Waals surface area contributed by atoms with E-state index >= 15 is 0 Å². The van der Waals surface area contributed by atoms with Gasteiger partial charge in [-0.15, -0.1) is 0 Å². The number of carbonyl (C=O) groups is 1. The van der Waals surface area contributed by atoms with Crippen molar-refractivity contribution in [3.8, 4) is 0 Å². The molecule has 150 valence electrons. The summed E-state index contributed by atoms with van der Waals surface area (Å²) in [5.41, 5.74) is -0.717. The minimum atomic E-state index is -4.55. The van der Waals surface area contributed by atoms with E-state index in [2.05, 4.69) is 10.0 Å². The van der Waals surface area contributed by atoms with E-state index in [1.165, 1.54) is 12.1 Å². The monoisotopic (exact) mass is 412 g/mol. The normalized spacial score (nSPS) is 15.4. The van der Waals surface area contributed by atoms with Crippen LogP contribution in [0.15, 0.2) is 53.4 Å². The second kappa shape index (κ2) is 7.83. The largest absolute Gasteiger partial charge is 0.416 e. The summed E-state index contributed by atoms with van der Waals surface area (Å²) in [5.74, 6) is -0.391. The topological polar surface area (TPSA) is 75.3 Å². The van der Waals surface area contributed by atoms with Gasteiger partial charge in [-0.05, 0) is 49.2 Å². The van der Waals surface area contributed by atoms with Crippen LogP contribution in [0.2, 0.25) is 0 Å². The molecule has 0 aliphatic heterocycles. The van der Waals surface area contributed by atoms with Crippen molar-refractivity contribution in [2.45, 2.75) is 42.8 Å². The maximum Gasteiger partial charge on any atom is 0.416 e. The highest BCUT2D eigenvalue weighted by Crippen LogP contribution is 2.30. The molecule has 0 saturated heterocycles. The SMILES string of the molecule is O=C(NC1CCCC1)c1ccccc1NS(=O)(=O)c1ccc(C(F)(F)F)cc1. The zero-order valence-electron chi connectivity index (χ0n) is 14.8. The van der Waals surface area contributed by atoms with Crippen LogP contribution >= 0.6 is 0 Å². The van der Waals surface area contributed by atoms with Gasteiger partial charge >= 0.3 is 6.18 Å². The van der Waals surface area contributed by atoms with Gasteiger partial charge in [-0.25, -0.2) is 8.42 Å². The van der Waals surface area contributed by atoms with E-state index in [0.29, 0.717) is 12.1 Å². The third kappa shape index (κ3) is 4.64. The van der Waals surface area contributed by atoms with E-state index in [4.69, 9.17) is 0 Å². The van der Waals surface area contributed by atoms with Crippen molar-refractivity contribution in [3.63, 3.8) is 0 Å². The number of nitrogens with one attached hydrogen (secondary N) is 2. The molecule has 0 spiro atoms. The van der Waals surface area contributed by atoms with Gasteiger partial charge in [-0.2, -0.15) is 13.2 Å². The molecule has 5 nitrogen and oxygen atoms in total. The Bertz CT molecular complexity index is 951. The minimum Gasteiger partial charge on any atom is -0.349 e. The Balaban J connectivity index is 1.81. The number of halogens is 3. The van der Waals surface area contributed by atoms with Gasteiger partial charge in [0.2, 0.25) is 0 Å². The van der Waals surface area contributed by atoms with Crippen LogP contribution in [0, 0.1) is 0 Å². The molecule has 0 heterocycles. The molecule has 2 aromatic carbocycles. The third-order valence-electron chi connectivity index (χ3n) is 4.60. The molecular formula is C19H19F3N2O3S. The number of anilines is 1. The molecule has 1 aliphatic carbocycles. The number of para-hydroxylation sites is 1. The van der Waals surface area contributed by atoms with E-state index in [9.17, 15) is 26.4 Å². The number of benzene rings is 2. The lowest BCUT2D eigenvalue weighted by molar-refractivity contribution is -0.137. The summed E-state index contributed by atoms with van der Waals surface area (Å²) >= 11 is 0. The zero-order chi connectivity index (χ0) is 20.4. The van der Waals surface area contributed by atoms with Crippen molar-refractivity contribution in [2.24, 2.45) is 0 Å². The summed E-state index contributed by atoms with van der Waals surface area (Å²) < 4.78 is 65.4. The van der Waals surface area contributed by atoms with Crippen LogP contribution in [0.1, 0.15) is 41.6 Å². The summed E-state index contributed by atoms with van der Waals surface area (Å²) in [7, 11) is -4.16. The van der Waals surface area contributed by atoms with Crippen LogP contribution in [-0.4, -0.2) is 20.4 Å². The molecule has 0 radical (unpaired) electrons. The quantitative estimate of drug-likeness (QED) is 0.774. The lowest BCUT2D eigenvalue weighted by Crippen LogP contribution is -2.33. The lowest BCUT2D eigenvalue weighted by Gasteiger charge is -2.16. The van der Waals surface area contributed by atoms with Crippen molar-refractivity contribution in [1.29, 1.82) is 0 Å². The van der Waals surface area contributed by atoms with Gasteiger partial charge in [0.15, 0.2) is 0 Å². The zero-order valence-corrected chi connectivity index (χ0v) is 15.6. The standard InChI is InChI=1S/C19H19F3N2O3S/c20-19(21,22)13-9-11-15(12-10-13)28(26,27)24-17-8-4-3-7-16(17)18(25)23-14-5-1-2-6-14/h3-4,7-12,14,24H,1-2,5-6H2,(H,23,25). The van der Waals surface area contributed by atoms with Crippen molar-refractivity contribution in [2.75, 3.05) is 4.72 Å². The first-order valence-electron chi connectivity index (χ1n) is 8.77. The van der Waals surface area contributed by atoms with E-state index in [1.54, 1.807) is 12.1 Å². The molecule has 2 aromatic rings. The minimum absolute atomic E-state index is 0.0621. The predicted octanol–water partition coefficient (Wildman–Crippen LogP) is 4.18. The molecule has 1 amide bonds. The van der Waals surface area contributed by atoms with Crippen LogP contribution < -0.4 is 10.0 Å². The first kappa shape index (κ1) is 20.2. The number of alkyl halides is 3. The number of hydrogen-bond acceptors (Lipinski definition) is 3. The predicted molar refractivity (Wildman–Crippen MR) is 98.4 cm³/mol. The van der Waals surface area contributed by atoms with Gasteiger partial charge in [0, 0.05) is 6.04 Å². The van der Waals surface area contributed by atoms with E-state index in [0.717, 1.165) is 37.8 Å². The number of rotatable bonds is 5. The average Bonchev–Trinajstić information content (AvgIpc) is 3.14. The van der Waals surface area contributed by atoms with Crippen LogP contribution in [0.5, 0.6) is 0 Å². The summed E-state index contributed by atoms with van der Waals surface area (Å²) in [4.78, 5) is 12.2. The second-order valence-electron chi connectivity index (χ2n) is 6.63. The first-order valence-corrected chi connectivity index (χ1v) is 10.2. The van der Waals surface area contributed by atoms with Gasteiger partial charge in [0.1, 0.15) is 0 Å². The number of sulfonamides is 1. The van der Waals surface area contributed by atoms with Crippen molar-refractivity contribution >= 4 is 21.6 Å². The molecule has 3 rings (SSSR count). The molecule has 9 heteroatoms. The van der Waals surface area contributed by atoms with Crippen LogP contribution in [0.25, 0.3) is 0 Å². The summed E-state index contributed by atoms with van der Waals surface area (Å²) in [6, 6.07) is 9.34. The summed E-state index contributed by atoms with van der Waals surface area (Å²) in [5, 5.41) is 2.89. The Hall–Kier alpha value is -2.55. The maximum absolute atomic E-state index is 12.7. The molecule has 28 heavy (non-hydrogen) atoms. The molecular weight excluding hydrogens is 393 g/mol. The van der Waals surface area contributed by atoms with E-state index in [1.807, 2.05) is 0 Å². The average molecular weight is 412 g/mol. The molecule has 1 aliphatic rings. The Morgan fingerprint density at radius 2 is 1.57 bits per heavy atom. The fraction of sp³-hybridized carbons (Fsp3) is 0.316. The fourth-order valence-corrected chi connectivity index (χ4v) is 4.21. The first-order chi connectivity index (χ1) is 13.2. The number of hydrogen-bond donors (Lipinski definition) is 2. The highest BCUT2D eigenvalue weighted by Gasteiger charge is 2.31. The van der Waals surface area contributed by atoms with Gasteiger partial charge in [-0.3, -0.25) is 9.52 Å². The van der Waals surface area contributed by atoms with Crippen molar-refractivity contribution < 1.29 is 26.4 Å². The van der Waals surface area contributed by atoms with Crippen LogP contribution in [0.4, 0.5) is 18.9 Å². The number of carbonyl (C=O) groups excluding carboxylic acids is 1. The molecule has 0 unspecified atom stereocenters. The Kier molecular flexibility index (Phi) is 5.64. The van der Waals surface area contributed by atoms with Gasteiger partial charge in [0.25, 0.3) is 15.9 Å².